The summed E-state index contributed by atoms with van der Waals surface area (Å²) in [5.41, 5.74) is 4.55. The van der Waals surface area contributed by atoms with Crippen LogP contribution in [-0.2, 0) is 4.74 Å². The molecule has 180 valence electrons. The van der Waals surface area contributed by atoms with Crippen LogP contribution in [0.3, 0.4) is 0 Å². The fraction of sp³-hybridized carbons (Fsp3) is 0.370. The summed E-state index contributed by atoms with van der Waals surface area (Å²) >= 11 is 0. The Balaban J connectivity index is 1.39. The zero-order valence-corrected chi connectivity index (χ0v) is 20.1. The molecule has 3 heterocycles. The number of nitrogens with zero attached hydrogens (tertiary/aromatic N) is 4. The highest BCUT2D eigenvalue weighted by molar-refractivity contribution is 5.70. The highest BCUT2D eigenvalue weighted by Gasteiger charge is 2.46. The normalized spacial score (nSPS) is 21.3. The fourth-order valence-electron chi connectivity index (χ4n) is 5.27. The van der Waals surface area contributed by atoms with Gasteiger partial charge in [-0.1, -0.05) is 0 Å². The molecule has 0 N–H and O–H groups in total. The Morgan fingerprint density at radius 3 is 2.54 bits per heavy atom. The zero-order chi connectivity index (χ0) is 23.9. The molecule has 3 atom stereocenters. The SMILES string of the molecule is COc1ccc(OC)c(-c2nnc3ccc(-c4ccc(OC)c(C5CC5[C@H]5CCOC5)c4)nn23)c1. The summed E-state index contributed by atoms with van der Waals surface area (Å²) in [5.74, 6) is 4.74. The van der Waals surface area contributed by atoms with Crippen LogP contribution in [-0.4, -0.2) is 54.4 Å². The molecule has 2 aromatic carbocycles. The number of fused-ring (bicyclic) bond motifs is 1. The van der Waals surface area contributed by atoms with Gasteiger partial charge in [0.1, 0.15) is 17.2 Å². The van der Waals surface area contributed by atoms with Gasteiger partial charge in [0.05, 0.1) is 32.6 Å². The number of aromatic nitrogens is 4. The molecule has 2 fully saturated rings. The van der Waals surface area contributed by atoms with E-state index in [-0.39, 0.29) is 0 Å². The van der Waals surface area contributed by atoms with Gasteiger partial charge in [0.25, 0.3) is 0 Å². The van der Waals surface area contributed by atoms with Crippen LogP contribution in [0, 0.1) is 11.8 Å². The van der Waals surface area contributed by atoms with Gasteiger partial charge in [-0.15, -0.1) is 10.2 Å². The molecule has 0 bridgehead atoms. The van der Waals surface area contributed by atoms with Crippen LogP contribution in [0.2, 0.25) is 0 Å². The summed E-state index contributed by atoms with van der Waals surface area (Å²) in [5, 5.41) is 13.6. The second-order valence-corrected chi connectivity index (χ2v) is 9.16. The maximum atomic E-state index is 5.73. The van der Waals surface area contributed by atoms with Crippen LogP contribution in [0.5, 0.6) is 17.2 Å². The minimum absolute atomic E-state index is 0.506. The summed E-state index contributed by atoms with van der Waals surface area (Å²) in [7, 11) is 5.01. The number of rotatable bonds is 7. The van der Waals surface area contributed by atoms with Crippen LogP contribution in [0.15, 0.2) is 48.5 Å². The van der Waals surface area contributed by atoms with Crippen molar-refractivity contribution in [1.82, 2.24) is 19.8 Å². The Bertz CT molecular complexity index is 1380. The molecule has 1 aliphatic heterocycles. The van der Waals surface area contributed by atoms with Crippen molar-refractivity contribution >= 4 is 5.65 Å². The van der Waals surface area contributed by atoms with Gasteiger partial charge < -0.3 is 18.9 Å². The van der Waals surface area contributed by atoms with Gasteiger partial charge in [-0.25, -0.2) is 0 Å². The maximum Gasteiger partial charge on any atom is 0.189 e. The second kappa shape index (κ2) is 8.85. The molecular formula is C27H28N4O4. The quantitative estimate of drug-likeness (QED) is 0.388. The Hall–Kier alpha value is -3.65. The van der Waals surface area contributed by atoms with E-state index in [1.54, 1.807) is 25.8 Å². The molecule has 35 heavy (non-hydrogen) atoms. The molecule has 0 amide bonds. The van der Waals surface area contributed by atoms with Gasteiger partial charge in [0, 0.05) is 18.8 Å². The molecule has 1 aliphatic carbocycles. The zero-order valence-electron chi connectivity index (χ0n) is 20.1. The molecule has 2 aliphatic rings. The highest BCUT2D eigenvalue weighted by Crippen LogP contribution is 2.56. The van der Waals surface area contributed by atoms with Crippen molar-refractivity contribution in [2.75, 3.05) is 34.5 Å². The van der Waals surface area contributed by atoms with E-state index in [1.165, 1.54) is 12.0 Å². The van der Waals surface area contributed by atoms with Gasteiger partial charge in [0.15, 0.2) is 11.5 Å². The van der Waals surface area contributed by atoms with Crippen LogP contribution >= 0.6 is 0 Å². The first-order valence-electron chi connectivity index (χ1n) is 11.9. The third kappa shape index (κ3) is 3.87. The standard InChI is InChI=1S/C27H28N4O4/c1-32-18-5-8-25(34-3)22(13-18)27-29-28-26-9-6-23(30-31(26)27)16-4-7-24(33-2)21(12-16)20-14-19(20)17-10-11-35-15-17/h4-9,12-13,17,19-20H,10-11,14-15H2,1-3H3/t17-,19?,20?/m0/s1. The molecular weight excluding hydrogens is 444 g/mol. The predicted molar refractivity (Wildman–Crippen MR) is 131 cm³/mol. The molecule has 4 aromatic rings. The van der Waals surface area contributed by atoms with Gasteiger partial charge in [-0.05, 0) is 84.7 Å². The Labute approximate surface area is 203 Å². The smallest absolute Gasteiger partial charge is 0.189 e. The van der Waals surface area contributed by atoms with Crippen molar-refractivity contribution in [3.63, 3.8) is 0 Å². The van der Waals surface area contributed by atoms with E-state index in [1.807, 2.05) is 30.3 Å². The monoisotopic (exact) mass is 472 g/mol. The lowest BCUT2D eigenvalue weighted by Gasteiger charge is -2.13. The lowest BCUT2D eigenvalue weighted by Crippen LogP contribution is -2.04. The third-order valence-electron chi connectivity index (χ3n) is 7.25. The molecule has 0 spiro atoms. The molecule has 8 heteroatoms. The molecule has 6 rings (SSSR count). The van der Waals surface area contributed by atoms with Crippen molar-refractivity contribution in [3.8, 4) is 39.9 Å². The van der Waals surface area contributed by atoms with Crippen molar-refractivity contribution < 1.29 is 18.9 Å². The van der Waals surface area contributed by atoms with E-state index in [0.717, 1.165) is 42.2 Å². The Kier molecular flexibility index (Phi) is 5.53. The summed E-state index contributed by atoms with van der Waals surface area (Å²) in [4.78, 5) is 0. The first-order chi connectivity index (χ1) is 17.2. The van der Waals surface area contributed by atoms with Crippen LogP contribution in [0.4, 0.5) is 0 Å². The number of benzene rings is 2. The van der Waals surface area contributed by atoms with Gasteiger partial charge >= 0.3 is 0 Å². The second-order valence-electron chi connectivity index (χ2n) is 9.16. The van der Waals surface area contributed by atoms with Crippen LogP contribution in [0.25, 0.3) is 28.3 Å². The van der Waals surface area contributed by atoms with E-state index in [9.17, 15) is 0 Å². The topological polar surface area (TPSA) is 80.0 Å². The molecule has 1 saturated heterocycles. The summed E-state index contributed by atoms with van der Waals surface area (Å²) in [6, 6.07) is 15.8. The van der Waals surface area contributed by atoms with Crippen molar-refractivity contribution in [2.24, 2.45) is 11.8 Å². The molecule has 2 unspecified atom stereocenters. The number of ether oxygens (including phenoxy) is 4. The van der Waals surface area contributed by atoms with Crippen LogP contribution < -0.4 is 14.2 Å². The van der Waals surface area contributed by atoms with Crippen molar-refractivity contribution in [2.45, 2.75) is 18.8 Å². The Morgan fingerprint density at radius 1 is 0.914 bits per heavy atom. The van der Waals surface area contributed by atoms with Crippen molar-refractivity contribution in [3.05, 3.63) is 54.1 Å². The fourth-order valence-corrected chi connectivity index (χ4v) is 5.27. The van der Waals surface area contributed by atoms with Gasteiger partial charge in [-0.3, -0.25) is 0 Å². The number of hydrogen-bond donors (Lipinski definition) is 0. The molecule has 8 nitrogen and oxygen atoms in total. The number of hydrogen-bond acceptors (Lipinski definition) is 7. The van der Waals surface area contributed by atoms with Gasteiger partial charge in [0.2, 0.25) is 0 Å². The van der Waals surface area contributed by atoms with Gasteiger partial charge in [-0.2, -0.15) is 9.61 Å². The molecule has 1 saturated carbocycles. The Morgan fingerprint density at radius 2 is 1.77 bits per heavy atom. The largest absolute Gasteiger partial charge is 0.497 e. The summed E-state index contributed by atoms with van der Waals surface area (Å²) < 4.78 is 24.1. The highest BCUT2D eigenvalue weighted by atomic mass is 16.5. The average molecular weight is 473 g/mol. The van der Waals surface area contributed by atoms with E-state index in [2.05, 4.69) is 28.4 Å². The van der Waals surface area contributed by atoms with E-state index < -0.39 is 0 Å². The lowest BCUT2D eigenvalue weighted by molar-refractivity contribution is 0.181. The predicted octanol–water partition coefficient (Wildman–Crippen LogP) is 4.62. The third-order valence-corrected chi connectivity index (χ3v) is 7.25. The molecule has 0 radical (unpaired) electrons. The molecule has 2 aromatic heterocycles. The minimum atomic E-state index is 0.506. The number of methoxy groups -OCH3 is 3. The average Bonchev–Trinajstić information content (AvgIpc) is 3.30. The summed E-state index contributed by atoms with van der Waals surface area (Å²) in [6.07, 6.45) is 2.34. The first kappa shape index (κ1) is 21.9. The van der Waals surface area contributed by atoms with E-state index >= 15 is 0 Å². The first-order valence-corrected chi connectivity index (χ1v) is 11.9. The maximum absolute atomic E-state index is 5.73. The van der Waals surface area contributed by atoms with E-state index in [4.69, 9.17) is 24.0 Å². The van der Waals surface area contributed by atoms with E-state index in [0.29, 0.717) is 40.7 Å². The van der Waals surface area contributed by atoms with Crippen molar-refractivity contribution in [1.29, 1.82) is 0 Å². The van der Waals surface area contributed by atoms with Crippen LogP contribution in [0.1, 0.15) is 24.3 Å². The minimum Gasteiger partial charge on any atom is -0.497 e. The lowest BCUT2D eigenvalue weighted by atomic mass is 9.96. The summed E-state index contributed by atoms with van der Waals surface area (Å²) in [6.45, 7) is 1.76.